The molecule has 0 spiro atoms. The molecule has 2 unspecified atom stereocenters. The van der Waals surface area contributed by atoms with Crippen molar-refractivity contribution in [1.29, 1.82) is 0 Å². The fourth-order valence-corrected chi connectivity index (χ4v) is 6.05. The molecule has 2 heterocycles. The van der Waals surface area contributed by atoms with E-state index in [1.165, 1.54) is 24.3 Å². The number of carbonyl (C=O) groups excluding carboxylic acids is 4. The lowest BCUT2D eigenvalue weighted by atomic mass is 9.75. The number of hydrogen-bond acceptors (Lipinski definition) is 5. The van der Waals surface area contributed by atoms with E-state index in [9.17, 15) is 19.2 Å². The molecule has 0 saturated carbocycles. The molecule has 2 aliphatic heterocycles. The monoisotopic (exact) mass is 534 g/mol. The number of anilines is 1. The molecule has 3 aromatic rings. The summed E-state index contributed by atoms with van der Waals surface area (Å²) in [5, 5.41) is 0. The van der Waals surface area contributed by atoms with Crippen molar-refractivity contribution in [3.05, 3.63) is 112 Å². The zero-order valence-electron chi connectivity index (χ0n) is 21.8. The van der Waals surface area contributed by atoms with E-state index in [1.54, 1.807) is 23.9 Å². The molecule has 39 heavy (non-hydrogen) atoms. The number of imide groups is 2. The number of hydrogen-bond donors (Lipinski definition) is 0. The molecule has 1 aliphatic carbocycles. The van der Waals surface area contributed by atoms with Crippen LogP contribution in [0.4, 0.5) is 5.69 Å². The van der Waals surface area contributed by atoms with Crippen molar-refractivity contribution < 1.29 is 19.2 Å². The van der Waals surface area contributed by atoms with E-state index in [2.05, 4.69) is 24.3 Å². The second kappa shape index (κ2) is 9.50. The number of fused-ring (bicyclic) bond motifs is 2. The Balaban J connectivity index is 1.41. The van der Waals surface area contributed by atoms with Crippen molar-refractivity contribution in [2.75, 3.05) is 18.2 Å². The van der Waals surface area contributed by atoms with Crippen molar-refractivity contribution in [1.82, 2.24) is 4.90 Å². The summed E-state index contributed by atoms with van der Waals surface area (Å²) in [6, 6.07) is 23.2. The van der Waals surface area contributed by atoms with Crippen LogP contribution in [0.25, 0.3) is 5.57 Å². The van der Waals surface area contributed by atoms with Crippen LogP contribution in [0.1, 0.15) is 22.3 Å². The first-order chi connectivity index (χ1) is 18.8. The van der Waals surface area contributed by atoms with Gasteiger partial charge in [0.05, 0.1) is 28.7 Å². The van der Waals surface area contributed by atoms with Crippen LogP contribution in [0.3, 0.4) is 0 Å². The average molecular weight is 535 g/mol. The predicted octanol–water partition coefficient (Wildman–Crippen LogP) is 4.81. The van der Waals surface area contributed by atoms with Gasteiger partial charge in [0.2, 0.25) is 11.8 Å². The summed E-state index contributed by atoms with van der Waals surface area (Å²) in [5.74, 6) is -3.34. The Bertz CT molecular complexity index is 1600. The first kappa shape index (κ1) is 25.1. The number of aryl methyl sites for hydroxylation is 1. The molecule has 6 nitrogen and oxygen atoms in total. The number of carbonyl (C=O) groups is 4. The van der Waals surface area contributed by atoms with Crippen LogP contribution in [0, 0.1) is 18.8 Å². The van der Waals surface area contributed by atoms with E-state index in [1.807, 2.05) is 49.6 Å². The van der Waals surface area contributed by atoms with Crippen molar-refractivity contribution in [2.24, 2.45) is 11.8 Å². The van der Waals surface area contributed by atoms with E-state index in [-0.39, 0.29) is 23.0 Å². The van der Waals surface area contributed by atoms with Gasteiger partial charge in [0.15, 0.2) is 0 Å². The van der Waals surface area contributed by atoms with Gasteiger partial charge in [-0.15, -0.1) is 11.8 Å². The quantitative estimate of drug-likeness (QED) is 0.347. The average Bonchev–Trinajstić information content (AvgIpc) is 3.33. The minimum absolute atomic E-state index is 0.186. The van der Waals surface area contributed by atoms with Crippen molar-refractivity contribution in [3.63, 3.8) is 0 Å². The van der Waals surface area contributed by atoms with Gasteiger partial charge in [0.25, 0.3) is 11.8 Å². The Hall–Kier alpha value is -4.23. The highest BCUT2D eigenvalue weighted by molar-refractivity contribution is 7.98. The molecule has 0 radical (unpaired) electrons. The number of benzene rings is 3. The number of rotatable bonds is 5. The second-order valence-electron chi connectivity index (χ2n) is 10.1. The molecule has 7 heteroatoms. The third-order valence-corrected chi connectivity index (χ3v) is 8.49. The van der Waals surface area contributed by atoms with Crippen LogP contribution >= 0.6 is 11.8 Å². The Morgan fingerprint density at radius 3 is 2.00 bits per heavy atom. The maximum atomic E-state index is 13.9. The van der Waals surface area contributed by atoms with Crippen LogP contribution in [0.2, 0.25) is 0 Å². The molecule has 194 valence electrons. The first-order valence-corrected chi connectivity index (χ1v) is 14.0. The maximum absolute atomic E-state index is 13.9. The lowest BCUT2D eigenvalue weighted by Gasteiger charge is -2.23. The smallest absolute Gasteiger partial charge is 0.266 e. The van der Waals surface area contributed by atoms with Crippen LogP contribution < -0.4 is 4.90 Å². The summed E-state index contributed by atoms with van der Waals surface area (Å²) in [4.78, 5) is 57.1. The Labute approximate surface area is 231 Å². The third kappa shape index (κ3) is 4.05. The van der Waals surface area contributed by atoms with Crippen LogP contribution in [-0.2, 0) is 25.6 Å². The zero-order valence-corrected chi connectivity index (χ0v) is 22.6. The summed E-state index contributed by atoms with van der Waals surface area (Å²) in [7, 11) is 1.45. The minimum Gasteiger partial charge on any atom is -0.285 e. The summed E-state index contributed by atoms with van der Waals surface area (Å²) in [6.07, 6.45) is 4.22. The Morgan fingerprint density at radius 1 is 0.769 bits per heavy atom. The highest BCUT2D eigenvalue weighted by atomic mass is 32.2. The molecular formula is C32H26N2O4S. The lowest BCUT2D eigenvalue weighted by molar-refractivity contribution is -0.137. The Kier molecular flexibility index (Phi) is 6.11. The molecular weight excluding hydrogens is 508 g/mol. The standard InChI is InChI=1S/C32H26N2O4S/c1-18-4-6-19(7-5-18)16-20-8-12-22(13-9-20)34-30(36)25-17-24-27(31(37)33(2)29(24)35)26(28(25)32(34)38)21-10-14-23(39-3)15-11-21/h4-15,17,24,27H,16H2,1-3H3. The number of likely N-dealkylation sites (tertiary alicyclic amines) is 1. The molecule has 3 aromatic carbocycles. The summed E-state index contributed by atoms with van der Waals surface area (Å²) in [6.45, 7) is 2.05. The van der Waals surface area contributed by atoms with Gasteiger partial charge < -0.3 is 0 Å². The minimum atomic E-state index is -0.838. The van der Waals surface area contributed by atoms with Crippen molar-refractivity contribution in [3.8, 4) is 0 Å². The molecule has 0 N–H and O–H groups in total. The SMILES string of the molecule is CSc1ccc(C2=C3C(=O)N(c4ccc(Cc5ccc(C)cc5)cc4)C(=O)C3=CC3C(=O)N(C)C(=O)C23)cc1. The van der Waals surface area contributed by atoms with Gasteiger partial charge in [-0.3, -0.25) is 24.1 Å². The summed E-state index contributed by atoms with van der Waals surface area (Å²) in [5.41, 5.74) is 5.39. The van der Waals surface area contributed by atoms with Crippen LogP contribution in [0.15, 0.2) is 94.9 Å². The molecule has 0 bridgehead atoms. The van der Waals surface area contributed by atoms with Gasteiger partial charge in [-0.05, 0) is 66.1 Å². The van der Waals surface area contributed by atoms with Crippen molar-refractivity contribution in [2.45, 2.75) is 18.2 Å². The molecule has 6 rings (SSSR count). The molecule has 2 fully saturated rings. The highest BCUT2D eigenvalue weighted by Crippen LogP contribution is 2.48. The maximum Gasteiger partial charge on any atom is 0.266 e. The molecule has 3 aliphatic rings. The van der Waals surface area contributed by atoms with Crippen LogP contribution in [0.5, 0.6) is 0 Å². The van der Waals surface area contributed by atoms with E-state index in [4.69, 9.17) is 0 Å². The van der Waals surface area contributed by atoms with Crippen molar-refractivity contribution >= 4 is 46.7 Å². The fraction of sp³-hybridized carbons (Fsp3) is 0.188. The number of thioether (sulfide) groups is 1. The molecule has 2 saturated heterocycles. The predicted molar refractivity (Wildman–Crippen MR) is 151 cm³/mol. The lowest BCUT2D eigenvalue weighted by Crippen LogP contribution is -2.29. The van der Waals surface area contributed by atoms with E-state index in [0.717, 1.165) is 26.7 Å². The van der Waals surface area contributed by atoms with Gasteiger partial charge >= 0.3 is 0 Å². The second-order valence-corrected chi connectivity index (χ2v) is 11.0. The Morgan fingerprint density at radius 2 is 1.38 bits per heavy atom. The van der Waals surface area contributed by atoms with Gasteiger partial charge in [-0.1, -0.05) is 60.2 Å². The molecule has 4 amide bonds. The fourth-order valence-electron chi connectivity index (χ4n) is 5.64. The normalized spacial score (nSPS) is 20.5. The summed E-state index contributed by atoms with van der Waals surface area (Å²) < 4.78 is 0. The molecule has 0 aromatic heterocycles. The zero-order chi connectivity index (χ0) is 27.4. The topological polar surface area (TPSA) is 74.8 Å². The summed E-state index contributed by atoms with van der Waals surface area (Å²) >= 11 is 1.58. The van der Waals surface area contributed by atoms with Crippen LogP contribution in [-0.4, -0.2) is 41.8 Å². The van der Waals surface area contributed by atoms with Gasteiger partial charge in [-0.25, -0.2) is 4.90 Å². The van der Waals surface area contributed by atoms with Gasteiger partial charge in [0, 0.05) is 11.9 Å². The number of nitrogens with zero attached hydrogens (tertiary/aromatic N) is 2. The van der Waals surface area contributed by atoms with E-state index < -0.39 is 23.7 Å². The first-order valence-electron chi connectivity index (χ1n) is 12.7. The van der Waals surface area contributed by atoms with E-state index in [0.29, 0.717) is 16.8 Å². The van der Waals surface area contributed by atoms with E-state index >= 15 is 0 Å². The largest absolute Gasteiger partial charge is 0.285 e. The van der Waals surface area contributed by atoms with Gasteiger partial charge in [0.1, 0.15) is 0 Å². The molecule has 2 atom stereocenters. The van der Waals surface area contributed by atoms with Gasteiger partial charge in [-0.2, -0.15) is 0 Å². The number of amides is 4. The third-order valence-electron chi connectivity index (χ3n) is 7.74. The highest BCUT2D eigenvalue weighted by Gasteiger charge is 2.54.